The smallest absolute Gasteiger partial charge is 0.303 e. The molecular weight excluding hydrogens is 259 g/mol. The Labute approximate surface area is 117 Å². The maximum absolute atomic E-state index is 13.4. The van der Waals surface area contributed by atoms with E-state index in [1.165, 1.54) is 6.07 Å². The van der Waals surface area contributed by atoms with Crippen LogP contribution in [0.1, 0.15) is 36.8 Å². The number of rotatable bonds is 2. The molecule has 0 aromatic heterocycles. The maximum Gasteiger partial charge on any atom is 0.303 e. The highest BCUT2D eigenvalue weighted by Gasteiger charge is 2.45. The van der Waals surface area contributed by atoms with Crippen molar-refractivity contribution >= 4 is 5.97 Å². The summed E-state index contributed by atoms with van der Waals surface area (Å²) in [6.45, 7) is 1.32. The lowest BCUT2D eigenvalue weighted by Gasteiger charge is -2.47. The van der Waals surface area contributed by atoms with Crippen molar-refractivity contribution in [3.63, 3.8) is 0 Å². The lowest BCUT2D eigenvalue weighted by molar-refractivity contribution is -0.139. The van der Waals surface area contributed by atoms with E-state index < -0.39 is 5.97 Å². The Bertz CT molecular complexity index is 520. The van der Waals surface area contributed by atoms with Crippen molar-refractivity contribution in [1.29, 1.82) is 0 Å². The molecule has 0 bridgehead atoms. The Morgan fingerprint density at radius 1 is 1.40 bits per heavy atom. The van der Waals surface area contributed by atoms with Crippen molar-refractivity contribution in [2.75, 3.05) is 13.2 Å². The van der Waals surface area contributed by atoms with E-state index in [4.69, 9.17) is 4.74 Å². The number of benzene rings is 1. The van der Waals surface area contributed by atoms with E-state index in [2.05, 4.69) is 0 Å². The zero-order chi connectivity index (χ0) is 14.2. The number of hydrogen-bond donors (Lipinski definition) is 1. The molecule has 2 aliphatic rings. The van der Waals surface area contributed by atoms with Crippen molar-refractivity contribution in [3.8, 4) is 0 Å². The SMILES string of the molecule is O=C(O)CC1CCc2cc(F)ccc2C12CCOCC2. The lowest BCUT2D eigenvalue weighted by atomic mass is 9.58. The number of carboxylic acid groups (broad SMARTS) is 1. The van der Waals surface area contributed by atoms with Crippen molar-refractivity contribution in [3.05, 3.63) is 35.1 Å². The van der Waals surface area contributed by atoms with Crippen LogP contribution in [0.5, 0.6) is 0 Å². The van der Waals surface area contributed by atoms with Crippen LogP contribution in [-0.4, -0.2) is 24.3 Å². The molecule has 1 spiro atoms. The summed E-state index contributed by atoms with van der Waals surface area (Å²) in [5, 5.41) is 9.18. The molecule has 1 aliphatic carbocycles. The average Bonchev–Trinajstić information content (AvgIpc) is 2.43. The second-order valence-corrected chi connectivity index (χ2v) is 5.90. The molecule has 1 unspecified atom stereocenters. The summed E-state index contributed by atoms with van der Waals surface area (Å²) < 4.78 is 18.9. The minimum atomic E-state index is -0.744. The van der Waals surface area contributed by atoms with Gasteiger partial charge in [-0.15, -0.1) is 0 Å². The third kappa shape index (κ3) is 2.22. The first kappa shape index (κ1) is 13.6. The zero-order valence-corrected chi connectivity index (χ0v) is 11.4. The highest BCUT2D eigenvalue weighted by molar-refractivity contribution is 5.67. The Kier molecular flexibility index (Phi) is 3.50. The molecule has 20 heavy (non-hydrogen) atoms. The van der Waals surface area contributed by atoms with Gasteiger partial charge in [-0.2, -0.15) is 0 Å². The second kappa shape index (κ2) is 5.17. The number of carbonyl (C=O) groups is 1. The average molecular weight is 278 g/mol. The summed E-state index contributed by atoms with van der Waals surface area (Å²) >= 11 is 0. The molecule has 3 rings (SSSR count). The van der Waals surface area contributed by atoms with Crippen molar-refractivity contribution in [1.82, 2.24) is 0 Å². The quantitative estimate of drug-likeness (QED) is 0.904. The Hall–Kier alpha value is -1.42. The van der Waals surface area contributed by atoms with Gasteiger partial charge in [-0.1, -0.05) is 6.07 Å². The lowest BCUT2D eigenvalue weighted by Crippen LogP contribution is -2.45. The second-order valence-electron chi connectivity index (χ2n) is 5.90. The molecule has 1 heterocycles. The maximum atomic E-state index is 13.4. The first-order valence-corrected chi connectivity index (χ1v) is 7.20. The molecule has 1 aliphatic heterocycles. The fourth-order valence-corrected chi connectivity index (χ4v) is 4.00. The molecule has 108 valence electrons. The summed E-state index contributed by atoms with van der Waals surface area (Å²) in [5.41, 5.74) is 2.06. The van der Waals surface area contributed by atoms with Crippen LogP contribution >= 0.6 is 0 Å². The van der Waals surface area contributed by atoms with Gasteiger partial charge in [0.25, 0.3) is 0 Å². The molecule has 1 aromatic carbocycles. The fourth-order valence-electron chi connectivity index (χ4n) is 4.00. The molecule has 3 nitrogen and oxygen atoms in total. The molecule has 1 N–H and O–H groups in total. The minimum absolute atomic E-state index is 0.127. The number of aliphatic carboxylic acids is 1. The number of hydrogen-bond acceptors (Lipinski definition) is 2. The van der Waals surface area contributed by atoms with Crippen LogP contribution in [0, 0.1) is 11.7 Å². The van der Waals surface area contributed by atoms with Crippen molar-refractivity contribution in [2.24, 2.45) is 5.92 Å². The van der Waals surface area contributed by atoms with Gasteiger partial charge in [-0.05, 0) is 54.9 Å². The first-order valence-electron chi connectivity index (χ1n) is 7.20. The normalized spacial score (nSPS) is 24.4. The van der Waals surface area contributed by atoms with Crippen LogP contribution in [0.2, 0.25) is 0 Å². The van der Waals surface area contributed by atoms with Gasteiger partial charge < -0.3 is 9.84 Å². The number of carboxylic acids is 1. The van der Waals surface area contributed by atoms with E-state index in [1.54, 1.807) is 6.07 Å². The van der Waals surface area contributed by atoms with Gasteiger partial charge >= 0.3 is 5.97 Å². The van der Waals surface area contributed by atoms with Crippen LogP contribution in [0.25, 0.3) is 0 Å². The number of ether oxygens (including phenoxy) is 1. The summed E-state index contributed by atoms with van der Waals surface area (Å²) in [4.78, 5) is 11.2. The van der Waals surface area contributed by atoms with Crippen LogP contribution in [0.15, 0.2) is 18.2 Å². The van der Waals surface area contributed by atoms with Crippen LogP contribution in [0.4, 0.5) is 4.39 Å². The van der Waals surface area contributed by atoms with E-state index in [9.17, 15) is 14.3 Å². The third-order valence-electron chi connectivity index (χ3n) is 4.95. The van der Waals surface area contributed by atoms with Gasteiger partial charge in [0.05, 0.1) is 0 Å². The summed E-state index contributed by atoms with van der Waals surface area (Å²) in [6, 6.07) is 4.98. The van der Waals surface area contributed by atoms with Crippen molar-refractivity contribution in [2.45, 2.75) is 37.5 Å². The molecule has 0 saturated carbocycles. The standard InChI is InChI=1S/C16H19FO3/c17-13-3-4-14-11(9-13)1-2-12(10-15(18)19)16(14)5-7-20-8-6-16/h3-4,9,12H,1-2,5-8,10H2,(H,18,19). The molecule has 0 radical (unpaired) electrons. The molecule has 1 atom stereocenters. The van der Waals surface area contributed by atoms with E-state index >= 15 is 0 Å². The van der Waals surface area contributed by atoms with Gasteiger partial charge in [0, 0.05) is 25.0 Å². The topological polar surface area (TPSA) is 46.5 Å². The van der Waals surface area contributed by atoms with Crippen molar-refractivity contribution < 1.29 is 19.0 Å². The van der Waals surface area contributed by atoms with Crippen LogP contribution < -0.4 is 0 Å². The van der Waals surface area contributed by atoms with Gasteiger partial charge in [0.1, 0.15) is 5.82 Å². The molecule has 1 aromatic rings. The summed E-state index contributed by atoms with van der Waals surface area (Å²) in [7, 11) is 0. The zero-order valence-electron chi connectivity index (χ0n) is 11.4. The van der Waals surface area contributed by atoms with E-state index in [-0.39, 0.29) is 23.6 Å². The predicted molar refractivity (Wildman–Crippen MR) is 72.2 cm³/mol. The fraction of sp³-hybridized carbons (Fsp3) is 0.562. The third-order valence-corrected chi connectivity index (χ3v) is 4.95. The van der Waals surface area contributed by atoms with Gasteiger partial charge in [0.15, 0.2) is 0 Å². The molecule has 1 saturated heterocycles. The Balaban J connectivity index is 2.04. The molecular formula is C16H19FO3. The van der Waals surface area contributed by atoms with E-state index in [1.807, 2.05) is 6.07 Å². The summed E-state index contributed by atoms with van der Waals surface area (Å²) in [6.07, 6.45) is 3.46. The highest BCUT2D eigenvalue weighted by atomic mass is 19.1. The largest absolute Gasteiger partial charge is 0.481 e. The molecule has 1 fully saturated rings. The molecule has 4 heteroatoms. The van der Waals surface area contributed by atoms with E-state index in [0.717, 1.165) is 36.8 Å². The summed E-state index contributed by atoms with van der Waals surface area (Å²) in [5.74, 6) is -0.823. The first-order chi connectivity index (χ1) is 9.62. The monoisotopic (exact) mass is 278 g/mol. The van der Waals surface area contributed by atoms with E-state index in [0.29, 0.717) is 13.2 Å². The van der Waals surface area contributed by atoms with Gasteiger partial charge in [-0.3, -0.25) is 4.79 Å². The number of fused-ring (bicyclic) bond motifs is 2. The Morgan fingerprint density at radius 3 is 2.85 bits per heavy atom. The predicted octanol–water partition coefficient (Wildman–Crippen LogP) is 2.91. The van der Waals surface area contributed by atoms with Crippen LogP contribution in [-0.2, 0) is 21.4 Å². The Morgan fingerprint density at radius 2 is 2.15 bits per heavy atom. The minimum Gasteiger partial charge on any atom is -0.481 e. The number of halogens is 1. The molecule has 0 amide bonds. The number of aryl methyl sites for hydroxylation is 1. The highest BCUT2D eigenvalue weighted by Crippen LogP contribution is 2.49. The van der Waals surface area contributed by atoms with Crippen LogP contribution in [0.3, 0.4) is 0 Å². The van der Waals surface area contributed by atoms with Gasteiger partial charge in [-0.25, -0.2) is 4.39 Å². The van der Waals surface area contributed by atoms with Gasteiger partial charge in [0.2, 0.25) is 0 Å².